The molecule has 0 aromatic heterocycles. The number of hydrogen-bond donors (Lipinski definition) is 0. The fourth-order valence-corrected chi connectivity index (χ4v) is 3.20. The van der Waals surface area contributed by atoms with Gasteiger partial charge in [0.1, 0.15) is 5.82 Å². The summed E-state index contributed by atoms with van der Waals surface area (Å²) in [4.78, 5) is 14.8. The number of likely N-dealkylation sites (tertiary alicyclic amines) is 1. The lowest BCUT2D eigenvalue weighted by atomic mass is 9.92. The predicted octanol–water partition coefficient (Wildman–Crippen LogP) is 3.12. The van der Waals surface area contributed by atoms with Gasteiger partial charge in [0.15, 0.2) is 0 Å². The van der Waals surface area contributed by atoms with Gasteiger partial charge >= 0.3 is 0 Å². The van der Waals surface area contributed by atoms with Crippen molar-refractivity contribution in [3.8, 4) is 0 Å². The first-order valence-electron chi connectivity index (χ1n) is 7.17. The Morgan fingerprint density at radius 2 is 2.00 bits per heavy atom. The van der Waals surface area contributed by atoms with Gasteiger partial charge in [0.05, 0.1) is 5.41 Å². The van der Waals surface area contributed by atoms with E-state index < -0.39 is 0 Å². The van der Waals surface area contributed by atoms with Gasteiger partial charge in [0, 0.05) is 13.1 Å². The van der Waals surface area contributed by atoms with Gasteiger partial charge in [0.2, 0.25) is 5.91 Å². The van der Waals surface area contributed by atoms with Crippen molar-refractivity contribution in [1.82, 2.24) is 4.90 Å². The summed E-state index contributed by atoms with van der Waals surface area (Å²) < 4.78 is 13.0. The van der Waals surface area contributed by atoms with Crippen LogP contribution in [0.25, 0.3) is 0 Å². The number of nitrogens with zero attached hydrogens (tertiary/aromatic N) is 1. The molecular weight excluding hydrogens is 241 g/mol. The number of benzene rings is 1. The SMILES string of the molecule is CC1CCCN(C(=O)C2(c3ccc(F)cc3)CC2)C1. The van der Waals surface area contributed by atoms with E-state index in [1.54, 1.807) is 12.1 Å². The van der Waals surface area contributed by atoms with Gasteiger partial charge in [-0.2, -0.15) is 0 Å². The van der Waals surface area contributed by atoms with E-state index in [0.717, 1.165) is 37.9 Å². The van der Waals surface area contributed by atoms with Crippen LogP contribution in [0.2, 0.25) is 0 Å². The van der Waals surface area contributed by atoms with Gasteiger partial charge < -0.3 is 4.90 Å². The van der Waals surface area contributed by atoms with Crippen LogP contribution in [0.1, 0.15) is 38.2 Å². The maximum Gasteiger partial charge on any atom is 0.233 e. The van der Waals surface area contributed by atoms with Crippen molar-refractivity contribution in [1.29, 1.82) is 0 Å². The van der Waals surface area contributed by atoms with E-state index in [9.17, 15) is 9.18 Å². The lowest BCUT2D eigenvalue weighted by Gasteiger charge is -2.34. The van der Waals surface area contributed by atoms with Gasteiger partial charge in [-0.15, -0.1) is 0 Å². The Morgan fingerprint density at radius 3 is 2.58 bits per heavy atom. The fourth-order valence-electron chi connectivity index (χ4n) is 3.20. The first-order valence-corrected chi connectivity index (χ1v) is 7.17. The zero-order valence-corrected chi connectivity index (χ0v) is 11.4. The van der Waals surface area contributed by atoms with Crippen molar-refractivity contribution in [3.05, 3.63) is 35.6 Å². The Bertz CT molecular complexity index is 478. The van der Waals surface area contributed by atoms with Crippen LogP contribution in [0, 0.1) is 11.7 Å². The average Bonchev–Trinajstić information content (AvgIpc) is 3.20. The monoisotopic (exact) mass is 261 g/mol. The van der Waals surface area contributed by atoms with Crippen LogP contribution in [0.5, 0.6) is 0 Å². The number of carbonyl (C=O) groups excluding carboxylic acids is 1. The van der Waals surface area contributed by atoms with Gasteiger partial charge in [-0.25, -0.2) is 4.39 Å². The van der Waals surface area contributed by atoms with Crippen LogP contribution in [0.15, 0.2) is 24.3 Å². The molecule has 19 heavy (non-hydrogen) atoms. The lowest BCUT2D eigenvalue weighted by molar-refractivity contribution is -0.135. The number of carbonyl (C=O) groups is 1. The van der Waals surface area contributed by atoms with E-state index in [0.29, 0.717) is 5.92 Å². The second-order valence-corrected chi connectivity index (χ2v) is 6.09. The summed E-state index contributed by atoms with van der Waals surface area (Å²) in [6.45, 7) is 3.96. The minimum Gasteiger partial charge on any atom is -0.342 e. The van der Waals surface area contributed by atoms with Crippen molar-refractivity contribution < 1.29 is 9.18 Å². The van der Waals surface area contributed by atoms with Crippen LogP contribution in [-0.2, 0) is 10.2 Å². The first kappa shape index (κ1) is 12.6. The predicted molar refractivity (Wildman–Crippen MR) is 72.3 cm³/mol. The zero-order valence-electron chi connectivity index (χ0n) is 11.4. The molecule has 1 amide bonds. The molecule has 3 rings (SSSR count). The molecular formula is C16H20FNO. The molecule has 102 valence electrons. The molecule has 1 atom stereocenters. The minimum atomic E-state index is -0.342. The van der Waals surface area contributed by atoms with E-state index >= 15 is 0 Å². The van der Waals surface area contributed by atoms with Gasteiger partial charge in [-0.1, -0.05) is 19.1 Å². The van der Waals surface area contributed by atoms with Crippen molar-refractivity contribution in [3.63, 3.8) is 0 Å². The third kappa shape index (κ3) is 2.26. The molecule has 1 aromatic rings. The number of amides is 1. The standard InChI is InChI=1S/C16H20FNO/c1-12-3-2-10-18(11-12)15(19)16(8-9-16)13-4-6-14(17)7-5-13/h4-7,12H,2-3,8-11H2,1H3. The van der Waals surface area contributed by atoms with Crippen molar-refractivity contribution in [2.75, 3.05) is 13.1 Å². The molecule has 1 heterocycles. The highest BCUT2D eigenvalue weighted by atomic mass is 19.1. The Kier molecular flexibility index (Phi) is 3.08. The van der Waals surface area contributed by atoms with E-state index in [-0.39, 0.29) is 17.1 Å². The summed E-state index contributed by atoms with van der Waals surface area (Å²) in [6.07, 6.45) is 4.13. The Morgan fingerprint density at radius 1 is 1.32 bits per heavy atom. The molecule has 0 radical (unpaired) electrons. The van der Waals surface area contributed by atoms with Crippen molar-refractivity contribution >= 4 is 5.91 Å². The molecule has 1 aliphatic carbocycles. The fraction of sp³-hybridized carbons (Fsp3) is 0.562. The molecule has 0 N–H and O–H groups in total. The molecule has 1 saturated heterocycles. The molecule has 1 aliphatic heterocycles. The summed E-state index contributed by atoms with van der Waals surface area (Å²) in [6, 6.07) is 6.46. The molecule has 1 unspecified atom stereocenters. The normalized spacial score (nSPS) is 25.2. The van der Waals surface area contributed by atoms with Crippen LogP contribution >= 0.6 is 0 Å². The van der Waals surface area contributed by atoms with Crippen LogP contribution in [0.3, 0.4) is 0 Å². The van der Waals surface area contributed by atoms with Crippen LogP contribution in [0.4, 0.5) is 4.39 Å². The van der Waals surface area contributed by atoms with Crippen molar-refractivity contribution in [2.45, 2.75) is 38.0 Å². The van der Waals surface area contributed by atoms with Crippen molar-refractivity contribution in [2.24, 2.45) is 5.92 Å². The minimum absolute atomic E-state index is 0.237. The van der Waals surface area contributed by atoms with Gasteiger partial charge in [-0.3, -0.25) is 4.79 Å². The number of hydrogen-bond acceptors (Lipinski definition) is 1. The van der Waals surface area contributed by atoms with Crippen LogP contribution in [-0.4, -0.2) is 23.9 Å². The zero-order chi connectivity index (χ0) is 13.5. The van der Waals surface area contributed by atoms with E-state index in [4.69, 9.17) is 0 Å². The third-order valence-corrected chi connectivity index (χ3v) is 4.50. The van der Waals surface area contributed by atoms with Gasteiger partial charge in [-0.05, 0) is 49.3 Å². The highest BCUT2D eigenvalue weighted by Crippen LogP contribution is 2.50. The van der Waals surface area contributed by atoms with E-state index in [1.807, 2.05) is 4.90 Å². The Balaban J connectivity index is 1.80. The molecule has 0 bridgehead atoms. The van der Waals surface area contributed by atoms with E-state index in [2.05, 4.69) is 6.92 Å². The molecule has 2 fully saturated rings. The number of halogens is 1. The van der Waals surface area contributed by atoms with Gasteiger partial charge in [0.25, 0.3) is 0 Å². The molecule has 1 saturated carbocycles. The molecule has 0 spiro atoms. The Hall–Kier alpha value is -1.38. The summed E-state index contributed by atoms with van der Waals surface area (Å²) >= 11 is 0. The summed E-state index contributed by atoms with van der Waals surface area (Å²) in [5, 5.41) is 0. The maximum atomic E-state index is 13.0. The molecule has 2 nitrogen and oxygen atoms in total. The van der Waals surface area contributed by atoms with E-state index in [1.165, 1.54) is 18.6 Å². The summed E-state index contributed by atoms with van der Waals surface area (Å²) in [5.74, 6) is 0.617. The maximum absolute atomic E-state index is 13.0. The number of piperidine rings is 1. The summed E-state index contributed by atoms with van der Waals surface area (Å²) in [7, 11) is 0. The number of rotatable bonds is 2. The smallest absolute Gasteiger partial charge is 0.233 e. The highest BCUT2D eigenvalue weighted by molar-refractivity contribution is 5.91. The average molecular weight is 261 g/mol. The first-order chi connectivity index (χ1) is 9.12. The second kappa shape index (κ2) is 4.62. The Labute approximate surface area is 113 Å². The lowest BCUT2D eigenvalue weighted by Crippen LogP contribution is -2.44. The third-order valence-electron chi connectivity index (χ3n) is 4.50. The van der Waals surface area contributed by atoms with Crippen LogP contribution < -0.4 is 0 Å². The molecule has 1 aromatic carbocycles. The molecule has 3 heteroatoms. The largest absolute Gasteiger partial charge is 0.342 e. The summed E-state index contributed by atoms with van der Waals surface area (Å²) in [5.41, 5.74) is 0.641. The second-order valence-electron chi connectivity index (χ2n) is 6.09. The molecule has 2 aliphatic rings. The topological polar surface area (TPSA) is 20.3 Å². The quantitative estimate of drug-likeness (QED) is 0.801. The highest BCUT2D eigenvalue weighted by Gasteiger charge is 2.53.